The molecule has 0 amide bonds. The predicted octanol–water partition coefficient (Wildman–Crippen LogP) is 3.69. The zero-order chi connectivity index (χ0) is 15.9. The average molecular weight is 312 g/mol. The monoisotopic (exact) mass is 312 g/mol. The van der Waals surface area contributed by atoms with E-state index in [2.05, 4.69) is 6.92 Å². The Balaban J connectivity index is 2.71. The molecule has 0 radical (unpaired) electrons. The number of hydrogen-bond donors (Lipinski definition) is 1. The van der Waals surface area contributed by atoms with Crippen LogP contribution in [0.4, 0.5) is 0 Å². The molecule has 1 rings (SSSR count). The minimum absolute atomic E-state index is 0.0847. The second-order valence-electron chi connectivity index (χ2n) is 5.43. The van der Waals surface area contributed by atoms with E-state index in [0.29, 0.717) is 0 Å². The van der Waals surface area contributed by atoms with Gasteiger partial charge in [-0.1, -0.05) is 45.1 Å². The molecule has 1 N–H and O–H groups in total. The molecular formula is C16H24O4S. The van der Waals surface area contributed by atoms with Crippen molar-refractivity contribution >= 4 is 15.8 Å². The number of aryl methyl sites for hydroxylation is 1. The van der Waals surface area contributed by atoms with Gasteiger partial charge in [-0.05, 0) is 30.5 Å². The van der Waals surface area contributed by atoms with Gasteiger partial charge in [0.25, 0.3) is 0 Å². The maximum absolute atomic E-state index is 11.7. The summed E-state index contributed by atoms with van der Waals surface area (Å²) < 4.78 is 23.4. The van der Waals surface area contributed by atoms with Crippen molar-refractivity contribution in [1.29, 1.82) is 0 Å². The van der Waals surface area contributed by atoms with Crippen molar-refractivity contribution in [3.8, 4) is 0 Å². The maximum atomic E-state index is 11.7. The number of unbranched alkanes of at least 4 members (excludes halogenated alkanes) is 5. The van der Waals surface area contributed by atoms with Crippen LogP contribution in [0.5, 0.6) is 0 Å². The summed E-state index contributed by atoms with van der Waals surface area (Å²) in [5.41, 5.74) is 0.736. The van der Waals surface area contributed by atoms with Crippen molar-refractivity contribution in [3.05, 3.63) is 29.3 Å². The summed E-state index contributed by atoms with van der Waals surface area (Å²) in [6.07, 6.45) is 8.86. The van der Waals surface area contributed by atoms with Gasteiger partial charge in [0.2, 0.25) is 0 Å². The van der Waals surface area contributed by atoms with Gasteiger partial charge in [-0.2, -0.15) is 0 Å². The number of carbonyl (C=O) groups is 1. The summed E-state index contributed by atoms with van der Waals surface area (Å²) in [5.74, 6) is -1.21. The molecule has 0 saturated heterocycles. The van der Waals surface area contributed by atoms with Crippen LogP contribution in [0.25, 0.3) is 0 Å². The van der Waals surface area contributed by atoms with Gasteiger partial charge in [0.05, 0.1) is 10.5 Å². The van der Waals surface area contributed by atoms with Crippen LogP contribution >= 0.6 is 0 Å². The van der Waals surface area contributed by atoms with Crippen LogP contribution in [0.3, 0.4) is 0 Å². The van der Waals surface area contributed by atoms with Crippen LogP contribution in [0.15, 0.2) is 23.1 Å². The van der Waals surface area contributed by atoms with Crippen molar-refractivity contribution < 1.29 is 18.3 Å². The molecule has 0 aliphatic heterocycles. The van der Waals surface area contributed by atoms with Crippen LogP contribution in [-0.2, 0) is 16.3 Å². The summed E-state index contributed by atoms with van der Waals surface area (Å²) in [6.45, 7) is 2.18. The van der Waals surface area contributed by atoms with E-state index in [4.69, 9.17) is 5.11 Å². The van der Waals surface area contributed by atoms with E-state index in [1.807, 2.05) is 0 Å². The smallest absolute Gasteiger partial charge is 0.337 e. The lowest BCUT2D eigenvalue weighted by Gasteiger charge is -2.08. The molecule has 0 aromatic heterocycles. The fourth-order valence-corrected chi connectivity index (χ4v) is 3.24. The van der Waals surface area contributed by atoms with Gasteiger partial charge in [-0.3, -0.25) is 0 Å². The van der Waals surface area contributed by atoms with E-state index >= 15 is 0 Å². The Kier molecular flexibility index (Phi) is 6.89. The first-order valence-electron chi connectivity index (χ1n) is 7.42. The molecule has 5 heteroatoms. The third-order valence-corrected chi connectivity index (χ3v) is 4.63. The second-order valence-corrected chi connectivity index (χ2v) is 7.41. The molecule has 1 aromatic carbocycles. The molecule has 0 spiro atoms. The average Bonchev–Trinajstić information content (AvgIpc) is 2.41. The van der Waals surface area contributed by atoms with E-state index in [1.165, 1.54) is 37.8 Å². The zero-order valence-electron chi connectivity index (χ0n) is 12.8. The van der Waals surface area contributed by atoms with Gasteiger partial charge < -0.3 is 5.11 Å². The Morgan fingerprint density at radius 1 is 1.10 bits per heavy atom. The van der Waals surface area contributed by atoms with Crippen LogP contribution in [-0.4, -0.2) is 25.7 Å². The number of hydrogen-bond acceptors (Lipinski definition) is 3. The third-order valence-electron chi connectivity index (χ3n) is 3.49. The quantitative estimate of drug-likeness (QED) is 0.706. The molecule has 0 aliphatic rings. The van der Waals surface area contributed by atoms with Crippen molar-refractivity contribution in [2.24, 2.45) is 0 Å². The van der Waals surface area contributed by atoms with E-state index in [0.717, 1.165) is 31.1 Å². The van der Waals surface area contributed by atoms with Crippen molar-refractivity contribution in [3.63, 3.8) is 0 Å². The molecule has 0 saturated carbocycles. The van der Waals surface area contributed by atoms with Crippen molar-refractivity contribution in [2.75, 3.05) is 6.26 Å². The summed E-state index contributed by atoms with van der Waals surface area (Å²) in [6, 6.07) is 4.61. The number of carboxylic acid groups (broad SMARTS) is 1. The Morgan fingerprint density at radius 3 is 2.29 bits per heavy atom. The highest BCUT2D eigenvalue weighted by molar-refractivity contribution is 7.90. The molecule has 1 aromatic rings. The molecule has 0 bridgehead atoms. The molecule has 0 aliphatic carbocycles. The lowest BCUT2D eigenvalue weighted by Crippen LogP contribution is -2.08. The van der Waals surface area contributed by atoms with E-state index < -0.39 is 15.8 Å². The second kappa shape index (κ2) is 8.17. The van der Waals surface area contributed by atoms with E-state index in [1.54, 1.807) is 6.07 Å². The largest absolute Gasteiger partial charge is 0.478 e. The lowest BCUT2D eigenvalue weighted by molar-refractivity contribution is 0.0692. The lowest BCUT2D eigenvalue weighted by atomic mass is 10.0. The molecule has 118 valence electrons. The number of aromatic carboxylic acids is 1. The molecule has 4 nitrogen and oxygen atoms in total. The normalized spacial score (nSPS) is 11.5. The van der Waals surface area contributed by atoms with Gasteiger partial charge >= 0.3 is 5.97 Å². The molecule has 0 atom stereocenters. The standard InChI is InChI=1S/C16H24O4S/c1-3-4-5-6-7-8-9-13-10-11-14(16(17)18)15(12-13)21(2,19)20/h10-12H,3-9H2,1-2H3,(H,17,18). The Bertz CT molecular complexity index is 576. The van der Waals surface area contributed by atoms with Crippen molar-refractivity contribution in [2.45, 2.75) is 56.8 Å². The summed E-state index contributed by atoms with van der Waals surface area (Å²) >= 11 is 0. The summed E-state index contributed by atoms with van der Waals surface area (Å²) in [7, 11) is -3.52. The van der Waals surface area contributed by atoms with E-state index in [9.17, 15) is 13.2 Å². The van der Waals surface area contributed by atoms with Crippen LogP contribution < -0.4 is 0 Å². The zero-order valence-corrected chi connectivity index (χ0v) is 13.6. The van der Waals surface area contributed by atoms with E-state index in [-0.39, 0.29) is 10.5 Å². The highest BCUT2D eigenvalue weighted by atomic mass is 32.2. The van der Waals surface area contributed by atoms with Gasteiger partial charge in [-0.25, -0.2) is 13.2 Å². The third kappa shape index (κ3) is 5.87. The van der Waals surface area contributed by atoms with Crippen LogP contribution in [0.2, 0.25) is 0 Å². The minimum atomic E-state index is -3.52. The van der Waals surface area contributed by atoms with Crippen LogP contribution in [0, 0.1) is 0 Å². The summed E-state index contributed by atoms with van der Waals surface area (Å²) in [5, 5.41) is 9.05. The topological polar surface area (TPSA) is 71.4 Å². The fraction of sp³-hybridized carbons (Fsp3) is 0.562. The Hall–Kier alpha value is -1.36. The van der Waals surface area contributed by atoms with Gasteiger partial charge in [0.15, 0.2) is 9.84 Å². The number of rotatable bonds is 9. The molecule has 21 heavy (non-hydrogen) atoms. The number of carboxylic acids is 1. The first-order chi connectivity index (χ1) is 9.86. The van der Waals surface area contributed by atoms with Crippen LogP contribution in [0.1, 0.15) is 61.4 Å². The molecular weight excluding hydrogens is 288 g/mol. The summed E-state index contributed by atoms with van der Waals surface area (Å²) in [4.78, 5) is 11.0. The molecule has 0 heterocycles. The van der Waals surface area contributed by atoms with Gasteiger partial charge in [0, 0.05) is 6.26 Å². The SMILES string of the molecule is CCCCCCCCc1ccc(C(=O)O)c(S(C)(=O)=O)c1. The maximum Gasteiger partial charge on any atom is 0.337 e. The number of benzene rings is 1. The van der Waals surface area contributed by atoms with Gasteiger partial charge in [0.1, 0.15) is 0 Å². The predicted molar refractivity (Wildman–Crippen MR) is 83.6 cm³/mol. The molecule has 0 unspecified atom stereocenters. The molecule has 0 fully saturated rings. The Labute approximate surface area is 127 Å². The Morgan fingerprint density at radius 2 is 1.71 bits per heavy atom. The van der Waals surface area contributed by atoms with Gasteiger partial charge in [-0.15, -0.1) is 0 Å². The fourth-order valence-electron chi connectivity index (χ4n) is 2.32. The first kappa shape index (κ1) is 17.7. The minimum Gasteiger partial charge on any atom is -0.478 e. The highest BCUT2D eigenvalue weighted by Crippen LogP contribution is 2.19. The highest BCUT2D eigenvalue weighted by Gasteiger charge is 2.18. The first-order valence-corrected chi connectivity index (χ1v) is 9.31. The number of sulfone groups is 1. The van der Waals surface area contributed by atoms with Crippen molar-refractivity contribution in [1.82, 2.24) is 0 Å².